The predicted octanol–water partition coefficient (Wildman–Crippen LogP) is 5.12. The van der Waals surface area contributed by atoms with E-state index in [-0.39, 0.29) is 18.1 Å². The summed E-state index contributed by atoms with van der Waals surface area (Å²) < 4.78 is 5.27. The number of imidazole rings is 1. The summed E-state index contributed by atoms with van der Waals surface area (Å²) in [6.45, 7) is 2.12. The second-order valence-corrected chi connectivity index (χ2v) is 8.55. The van der Waals surface area contributed by atoms with Crippen molar-refractivity contribution in [1.82, 2.24) is 20.6 Å². The van der Waals surface area contributed by atoms with Crippen molar-refractivity contribution in [2.45, 2.75) is 57.5 Å². The van der Waals surface area contributed by atoms with Gasteiger partial charge in [-0.3, -0.25) is 0 Å². The lowest BCUT2D eigenvalue weighted by Gasteiger charge is -2.29. The van der Waals surface area contributed by atoms with E-state index in [1.807, 2.05) is 48.5 Å². The van der Waals surface area contributed by atoms with Gasteiger partial charge in [0.1, 0.15) is 11.6 Å². The highest BCUT2D eigenvalue weighted by atomic mass is 16.5. The fraction of sp³-hybridized carbons (Fsp3) is 0.440. The van der Waals surface area contributed by atoms with Gasteiger partial charge in [0.15, 0.2) is 0 Å². The Hall–Kier alpha value is -3.02. The minimum absolute atomic E-state index is 0.142. The largest absolute Gasteiger partial charge is 0.497 e. The number of hydrogen-bond acceptors (Lipinski definition) is 3. The number of amides is 2. The smallest absolute Gasteiger partial charge is 0.315 e. The van der Waals surface area contributed by atoms with Crippen LogP contribution in [0.3, 0.4) is 0 Å². The molecule has 0 radical (unpaired) electrons. The van der Waals surface area contributed by atoms with Crippen LogP contribution in [0.2, 0.25) is 0 Å². The van der Waals surface area contributed by atoms with E-state index in [4.69, 9.17) is 9.72 Å². The zero-order valence-corrected chi connectivity index (χ0v) is 18.4. The van der Waals surface area contributed by atoms with Crippen molar-refractivity contribution in [3.8, 4) is 5.75 Å². The van der Waals surface area contributed by atoms with Gasteiger partial charge in [0.25, 0.3) is 0 Å². The van der Waals surface area contributed by atoms with E-state index < -0.39 is 0 Å². The first kappa shape index (κ1) is 21.2. The SMILES string of the molecule is COc1ccc(C[C@@H](NC(=O)N[C@@H](C)C2CCCCC2)c2nc3ccccc3[nH]2)cc1. The normalized spacial score (nSPS) is 16.6. The van der Waals surface area contributed by atoms with Gasteiger partial charge in [0, 0.05) is 6.04 Å². The van der Waals surface area contributed by atoms with Gasteiger partial charge in [-0.05, 0) is 61.9 Å². The van der Waals surface area contributed by atoms with Crippen LogP contribution in [0.25, 0.3) is 11.0 Å². The van der Waals surface area contributed by atoms with Crippen molar-refractivity contribution in [3.63, 3.8) is 0 Å². The van der Waals surface area contributed by atoms with Gasteiger partial charge in [0.05, 0.1) is 24.2 Å². The quantitative estimate of drug-likeness (QED) is 0.496. The molecule has 6 nitrogen and oxygen atoms in total. The number of nitrogens with one attached hydrogen (secondary N) is 3. The van der Waals surface area contributed by atoms with Gasteiger partial charge in [-0.1, -0.05) is 43.5 Å². The number of benzene rings is 2. The highest BCUT2D eigenvalue weighted by Gasteiger charge is 2.24. The summed E-state index contributed by atoms with van der Waals surface area (Å²) in [5.74, 6) is 2.14. The molecule has 1 heterocycles. The molecular formula is C25H32N4O2. The van der Waals surface area contributed by atoms with E-state index in [0.717, 1.165) is 28.2 Å². The van der Waals surface area contributed by atoms with Crippen LogP contribution in [0.1, 0.15) is 56.5 Å². The van der Waals surface area contributed by atoms with Crippen molar-refractivity contribution < 1.29 is 9.53 Å². The van der Waals surface area contributed by atoms with E-state index in [1.165, 1.54) is 32.1 Å². The number of H-pyrrole nitrogens is 1. The number of hydrogen-bond donors (Lipinski definition) is 3. The summed E-state index contributed by atoms with van der Waals surface area (Å²) >= 11 is 0. The maximum atomic E-state index is 12.9. The Morgan fingerprint density at radius 1 is 1.10 bits per heavy atom. The number of rotatable bonds is 7. The second-order valence-electron chi connectivity index (χ2n) is 8.55. The molecule has 0 unspecified atom stereocenters. The number of fused-ring (bicyclic) bond motifs is 1. The van der Waals surface area contributed by atoms with Gasteiger partial charge in [0.2, 0.25) is 0 Å². The zero-order chi connectivity index (χ0) is 21.6. The Morgan fingerprint density at radius 2 is 1.84 bits per heavy atom. The first-order valence-corrected chi connectivity index (χ1v) is 11.3. The molecule has 4 rings (SSSR count). The topological polar surface area (TPSA) is 79.0 Å². The van der Waals surface area contributed by atoms with Crippen molar-refractivity contribution in [2.75, 3.05) is 7.11 Å². The number of methoxy groups -OCH3 is 1. The van der Waals surface area contributed by atoms with Crippen LogP contribution in [0.15, 0.2) is 48.5 Å². The van der Waals surface area contributed by atoms with Crippen molar-refractivity contribution in [2.24, 2.45) is 5.92 Å². The lowest BCUT2D eigenvalue weighted by Crippen LogP contribution is -2.46. The van der Waals surface area contributed by atoms with E-state index in [0.29, 0.717) is 12.3 Å². The number of aromatic nitrogens is 2. The Kier molecular flexibility index (Phi) is 6.75. The summed E-state index contributed by atoms with van der Waals surface area (Å²) in [5.41, 5.74) is 2.97. The van der Waals surface area contributed by atoms with Crippen LogP contribution in [0.5, 0.6) is 5.75 Å². The lowest BCUT2D eigenvalue weighted by molar-refractivity contribution is 0.221. The molecule has 1 aliphatic rings. The molecule has 1 aromatic heterocycles. The number of ether oxygens (including phenoxy) is 1. The van der Waals surface area contributed by atoms with Gasteiger partial charge < -0.3 is 20.4 Å². The van der Waals surface area contributed by atoms with Gasteiger partial charge in [-0.2, -0.15) is 0 Å². The highest BCUT2D eigenvalue weighted by molar-refractivity contribution is 5.76. The molecule has 3 N–H and O–H groups in total. The monoisotopic (exact) mass is 420 g/mol. The number of carbonyl (C=O) groups excluding carboxylic acids is 1. The molecule has 2 amide bonds. The van der Waals surface area contributed by atoms with Crippen molar-refractivity contribution in [1.29, 1.82) is 0 Å². The third-order valence-corrected chi connectivity index (χ3v) is 6.36. The maximum Gasteiger partial charge on any atom is 0.315 e. The minimum atomic E-state index is -0.264. The van der Waals surface area contributed by atoms with Crippen LogP contribution in [0, 0.1) is 5.92 Å². The number of urea groups is 1. The maximum absolute atomic E-state index is 12.9. The Bertz CT molecular complexity index is 959. The fourth-order valence-electron chi connectivity index (χ4n) is 4.51. The van der Waals surface area contributed by atoms with Gasteiger partial charge >= 0.3 is 6.03 Å². The molecule has 6 heteroatoms. The standard InChI is InChI=1S/C25H32N4O2/c1-17(19-8-4-3-5-9-19)26-25(30)29-23(16-18-12-14-20(31-2)15-13-18)24-27-21-10-6-7-11-22(21)28-24/h6-7,10-15,17,19,23H,3-5,8-9,16H2,1-2H3,(H,27,28)(H2,26,29,30)/t17-,23+/m0/s1. The molecule has 1 saturated carbocycles. The van der Waals surface area contributed by atoms with Gasteiger partial charge in [-0.25, -0.2) is 9.78 Å². The van der Waals surface area contributed by atoms with Gasteiger partial charge in [-0.15, -0.1) is 0 Å². The average Bonchev–Trinajstić information content (AvgIpc) is 3.24. The Labute approximate surface area is 183 Å². The molecular weight excluding hydrogens is 388 g/mol. The van der Waals surface area contributed by atoms with E-state index in [9.17, 15) is 4.79 Å². The molecule has 164 valence electrons. The third kappa shape index (κ3) is 5.37. The Balaban J connectivity index is 1.50. The number of carbonyl (C=O) groups is 1. The van der Waals surface area contributed by atoms with E-state index in [1.54, 1.807) is 7.11 Å². The predicted molar refractivity (Wildman–Crippen MR) is 123 cm³/mol. The zero-order valence-electron chi connectivity index (χ0n) is 18.4. The van der Waals surface area contributed by atoms with Crippen LogP contribution in [-0.2, 0) is 6.42 Å². The molecule has 2 aromatic carbocycles. The Morgan fingerprint density at radius 3 is 2.55 bits per heavy atom. The molecule has 2 atom stereocenters. The van der Waals surface area contributed by atoms with Crippen LogP contribution in [0.4, 0.5) is 4.79 Å². The molecule has 1 fully saturated rings. The van der Waals surface area contributed by atoms with Crippen molar-refractivity contribution >= 4 is 17.1 Å². The first-order valence-electron chi connectivity index (χ1n) is 11.3. The first-order chi connectivity index (χ1) is 15.1. The molecule has 0 bridgehead atoms. The second kappa shape index (κ2) is 9.86. The number of nitrogens with zero attached hydrogens (tertiary/aromatic N) is 1. The molecule has 3 aromatic rings. The molecule has 31 heavy (non-hydrogen) atoms. The fourth-order valence-corrected chi connectivity index (χ4v) is 4.51. The summed E-state index contributed by atoms with van der Waals surface area (Å²) in [7, 11) is 1.66. The molecule has 1 aliphatic carbocycles. The number of aromatic amines is 1. The van der Waals surface area contributed by atoms with E-state index >= 15 is 0 Å². The highest BCUT2D eigenvalue weighted by Crippen LogP contribution is 2.26. The summed E-state index contributed by atoms with van der Waals surface area (Å²) in [4.78, 5) is 21.0. The average molecular weight is 421 g/mol. The third-order valence-electron chi connectivity index (χ3n) is 6.36. The molecule has 0 spiro atoms. The minimum Gasteiger partial charge on any atom is -0.497 e. The molecule has 0 aliphatic heterocycles. The lowest BCUT2D eigenvalue weighted by atomic mass is 9.84. The summed E-state index contributed by atoms with van der Waals surface area (Å²) in [5, 5.41) is 6.34. The number of para-hydroxylation sites is 2. The summed E-state index contributed by atoms with van der Waals surface area (Å²) in [6.07, 6.45) is 6.86. The van der Waals surface area contributed by atoms with Crippen LogP contribution < -0.4 is 15.4 Å². The van der Waals surface area contributed by atoms with Crippen molar-refractivity contribution in [3.05, 3.63) is 59.9 Å². The summed E-state index contributed by atoms with van der Waals surface area (Å²) in [6, 6.07) is 15.6. The van der Waals surface area contributed by atoms with E-state index in [2.05, 4.69) is 22.5 Å². The van der Waals surface area contributed by atoms with Crippen LogP contribution in [-0.4, -0.2) is 29.2 Å². The van der Waals surface area contributed by atoms with Crippen LogP contribution >= 0.6 is 0 Å². The molecule has 0 saturated heterocycles.